The molecular formula is C30H33F3N4O5S. The van der Waals surface area contributed by atoms with Crippen LogP contribution in [0, 0.1) is 23.4 Å². The Bertz CT molecular complexity index is 1640. The molecule has 2 fully saturated rings. The highest BCUT2D eigenvalue weighted by atomic mass is 32.2. The molecule has 1 atom stereocenters. The number of nitrogens with one attached hydrogen (secondary N) is 2. The van der Waals surface area contributed by atoms with Crippen molar-refractivity contribution in [2.24, 2.45) is 5.92 Å². The molecule has 13 heteroatoms. The lowest BCUT2D eigenvalue weighted by molar-refractivity contribution is -0.147. The van der Waals surface area contributed by atoms with Crippen LogP contribution in [0.3, 0.4) is 0 Å². The number of piperidine rings is 2. The molecular weight excluding hydrogens is 585 g/mol. The van der Waals surface area contributed by atoms with Crippen LogP contribution in [-0.2, 0) is 19.6 Å². The summed E-state index contributed by atoms with van der Waals surface area (Å²) in [7, 11) is -3.39. The largest absolute Gasteiger partial charge is 0.480 e. The molecule has 230 valence electrons. The Labute approximate surface area is 247 Å². The van der Waals surface area contributed by atoms with Crippen LogP contribution < -0.4 is 4.72 Å². The molecule has 3 N–H and O–H groups in total. The molecule has 0 radical (unpaired) electrons. The molecule has 2 aliphatic rings. The summed E-state index contributed by atoms with van der Waals surface area (Å²) in [5.74, 6) is -5.41. The molecule has 1 aromatic heterocycles. The van der Waals surface area contributed by atoms with Gasteiger partial charge >= 0.3 is 5.97 Å². The highest BCUT2D eigenvalue weighted by Gasteiger charge is 2.38. The van der Waals surface area contributed by atoms with E-state index in [1.54, 1.807) is 17.0 Å². The number of aromatic nitrogens is 1. The molecule has 1 amide bonds. The van der Waals surface area contributed by atoms with Crippen molar-refractivity contribution in [3.63, 3.8) is 0 Å². The van der Waals surface area contributed by atoms with Crippen molar-refractivity contribution < 1.29 is 36.3 Å². The SMILES string of the molecule is CS(=O)(=O)Nc1ccc2c(C3CCN(C(C(=O)O)C4CCN(C(=O)/C=C/c5cc(F)c(F)c(F)c5)CC4)CC3)c[nH]c2c1. The fourth-order valence-corrected chi connectivity index (χ4v) is 6.84. The first-order valence-electron chi connectivity index (χ1n) is 14.1. The topological polar surface area (TPSA) is 123 Å². The zero-order valence-corrected chi connectivity index (χ0v) is 24.3. The van der Waals surface area contributed by atoms with Crippen LogP contribution in [-0.4, -0.2) is 78.7 Å². The lowest BCUT2D eigenvalue weighted by Gasteiger charge is -2.41. The highest BCUT2D eigenvalue weighted by Crippen LogP contribution is 2.36. The van der Waals surface area contributed by atoms with Crippen LogP contribution in [0.2, 0.25) is 0 Å². The van der Waals surface area contributed by atoms with Gasteiger partial charge in [0.25, 0.3) is 0 Å². The van der Waals surface area contributed by atoms with Crippen LogP contribution in [0.25, 0.3) is 17.0 Å². The summed E-state index contributed by atoms with van der Waals surface area (Å²) in [6.07, 6.45) is 7.99. The molecule has 0 spiro atoms. The zero-order valence-electron chi connectivity index (χ0n) is 23.5. The highest BCUT2D eigenvalue weighted by molar-refractivity contribution is 7.92. The van der Waals surface area contributed by atoms with Gasteiger partial charge in [0.05, 0.1) is 11.9 Å². The Morgan fingerprint density at radius 3 is 2.28 bits per heavy atom. The number of carbonyl (C=O) groups is 2. The van der Waals surface area contributed by atoms with Gasteiger partial charge < -0.3 is 15.0 Å². The van der Waals surface area contributed by atoms with Gasteiger partial charge in [-0.2, -0.15) is 0 Å². The number of carboxylic acids is 1. The van der Waals surface area contributed by atoms with E-state index in [1.165, 1.54) is 12.2 Å². The monoisotopic (exact) mass is 618 g/mol. The van der Waals surface area contributed by atoms with E-state index in [2.05, 4.69) is 9.71 Å². The summed E-state index contributed by atoms with van der Waals surface area (Å²) in [4.78, 5) is 31.9. The number of hydrogen-bond acceptors (Lipinski definition) is 5. The van der Waals surface area contributed by atoms with Crippen LogP contribution in [0.1, 0.15) is 42.7 Å². The van der Waals surface area contributed by atoms with Crippen molar-refractivity contribution in [1.29, 1.82) is 0 Å². The first kappa shape index (κ1) is 30.6. The maximum Gasteiger partial charge on any atom is 0.321 e. The smallest absolute Gasteiger partial charge is 0.321 e. The van der Waals surface area contributed by atoms with Crippen molar-refractivity contribution in [2.45, 2.75) is 37.6 Å². The number of rotatable bonds is 8. The number of benzene rings is 2. The fourth-order valence-electron chi connectivity index (χ4n) is 6.29. The molecule has 1 unspecified atom stereocenters. The minimum Gasteiger partial charge on any atom is -0.480 e. The van der Waals surface area contributed by atoms with E-state index in [0.717, 1.165) is 47.7 Å². The maximum atomic E-state index is 13.5. The van der Waals surface area contributed by atoms with E-state index < -0.39 is 39.5 Å². The van der Waals surface area contributed by atoms with Gasteiger partial charge in [-0.05, 0) is 92.1 Å². The Morgan fingerprint density at radius 2 is 1.67 bits per heavy atom. The lowest BCUT2D eigenvalue weighted by atomic mass is 9.84. The third-order valence-electron chi connectivity index (χ3n) is 8.36. The molecule has 43 heavy (non-hydrogen) atoms. The number of H-pyrrole nitrogens is 1. The van der Waals surface area contributed by atoms with Gasteiger partial charge in [0.2, 0.25) is 15.9 Å². The molecule has 5 rings (SSSR count). The minimum atomic E-state index is -3.39. The van der Waals surface area contributed by atoms with Gasteiger partial charge in [0, 0.05) is 36.3 Å². The summed E-state index contributed by atoms with van der Waals surface area (Å²) < 4.78 is 65.7. The molecule has 3 heterocycles. The Morgan fingerprint density at radius 1 is 1.02 bits per heavy atom. The number of halogens is 3. The van der Waals surface area contributed by atoms with E-state index in [4.69, 9.17) is 0 Å². The van der Waals surface area contributed by atoms with E-state index in [1.807, 2.05) is 17.2 Å². The predicted octanol–water partition coefficient (Wildman–Crippen LogP) is 4.54. The molecule has 9 nitrogen and oxygen atoms in total. The van der Waals surface area contributed by atoms with Gasteiger partial charge in [0.1, 0.15) is 6.04 Å². The second kappa shape index (κ2) is 12.4. The third kappa shape index (κ3) is 7.04. The number of likely N-dealkylation sites (tertiary alicyclic amines) is 2. The van der Waals surface area contributed by atoms with Gasteiger partial charge in [0.15, 0.2) is 17.5 Å². The summed E-state index contributed by atoms with van der Waals surface area (Å²) in [5, 5.41) is 11.2. The number of carboxylic acid groups (broad SMARTS) is 1. The summed E-state index contributed by atoms with van der Waals surface area (Å²) in [5.41, 5.74) is 2.45. The zero-order chi connectivity index (χ0) is 30.9. The summed E-state index contributed by atoms with van der Waals surface area (Å²) in [6, 6.07) is 6.32. The number of anilines is 1. The van der Waals surface area contributed by atoms with Crippen molar-refractivity contribution in [2.75, 3.05) is 37.2 Å². The Balaban J connectivity index is 1.17. The Hall–Kier alpha value is -3.84. The summed E-state index contributed by atoms with van der Waals surface area (Å²) >= 11 is 0. The van der Waals surface area contributed by atoms with Crippen LogP contribution in [0.15, 0.2) is 42.6 Å². The first-order valence-corrected chi connectivity index (χ1v) is 16.0. The standard InChI is InChI=1S/C30H33F3N4O5S/c1-43(41,42)35-21-3-4-22-23(17-34-26(22)16-21)19-6-12-37(13-7-19)29(30(39)40)20-8-10-36(11-9-20)27(38)5-2-18-14-24(31)28(33)25(32)15-18/h2-5,14-17,19-20,29,34-35H,6-13H2,1H3,(H,39,40)/b5-2+. The van der Waals surface area contributed by atoms with E-state index in [0.29, 0.717) is 44.7 Å². The molecule has 2 saturated heterocycles. The second-order valence-electron chi connectivity index (χ2n) is 11.3. The van der Waals surface area contributed by atoms with Crippen molar-refractivity contribution in [3.8, 4) is 0 Å². The minimum absolute atomic E-state index is 0.0234. The number of hydrogen-bond donors (Lipinski definition) is 3. The normalized spacial score (nSPS) is 18.4. The first-order chi connectivity index (χ1) is 20.4. The number of amides is 1. The lowest BCUT2D eigenvalue weighted by Crippen LogP contribution is -2.52. The number of carbonyl (C=O) groups excluding carboxylic acids is 1. The molecule has 2 aromatic carbocycles. The Kier molecular flexibility index (Phi) is 8.84. The number of aromatic amines is 1. The van der Waals surface area contributed by atoms with Gasteiger partial charge in [-0.25, -0.2) is 21.6 Å². The average molecular weight is 619 g/mol. The molecule has 0 saturated carbocycles. The van der Waals surface area contributed by atoms with Gasteiger partial charge in [-0.1, -0.05) is 6.07 Å². The van der Waals surface area contributed by atoms with Crippen LogP contribution in [0.5, 0.6) is 0 Å². The summed E-state index contributed by atoms with van der Waals surface area (Å²) in [6.45, 7) is 1.92. The van der Waals surface area contributed by atoms with Crippen LogP contribution in [0.4, 0.5) is 18.9 Å². The predicted molar refractivity (Wildman–Crippen MR) is 156 cm³/mol. The second-order valence-corrected chi connectivity index (χ2v) is 13.0. The van der Waals surface area contributed by atoms with Crippen LogP contribution >= 0.6 is 0 Å². The number of aliphatic carboxylic acids is 1. The number of fused-ring (bicyclic) bond motifs is 1. The molecule has 0 aliphatic carbocycles. The molecule has 0 bridgehead atoms. The number of nitrogens with zero attached hydrogens (tertiary/aromatic N) is 2. The van der Waals surface area contributed by atoms with Crippen molar-refractivity contribution >= 4 is 44.6 Å². The van der Waals surface area contributed by atoms with E-state index in [9.17, 15) is 36.3 Å². The average Bonchev–Trinajstić information content (AvgIpc) is 3.37. The van der Waals surface area contributed by atoms with Gasteiger partial charge in [-0.3, -0.25) is 19.2 Å². The number of sulfonamides is 1. The van der Waals surface area contributed by atoms with E-state index >= 15 is 0 Å². The maximum absolute atomic E-state index is 13.5. The third-order valence-corrected chi connectivity index (χ3v) is 8.96. The van der Waals surface area contributed by atoms with Gasteiger partial charge in [-0.15, -0.1) is 0 Å². The van der Waals surface area contributed by atoms with Crippen molar-refractivity contribution in [3.05, 3.63) is 71.2 Å². The van der Waals surface area contributed by atoms with E-state index in [-0.39, 0.29) is 23.3 Å². The fraction of sp³-hybridized carbons (Fsp3) is 0.400. The molecule has 2 aliphatic heterocycles. The quantitative estimate of drug-likeness (QED) is 0.252. The van der Waals surface area contributed by atoms with Crippen molar-refractivity contribution in [1.82, 2.24) is 14.8 Å². The molecule has 3 aromatic rings.